The summed E-state index contributed by atoms with van der Waals surface area (Å²) in [5, 5.41) is 0. The first kappa shape index (κ1) is 10.7. The van der Waals surface area contributed by atoms with Crippen LogP contribution in [0.4, 0.5) is 0 Å². The van der Waals surface area contributed by atoms with E-state index in [9.17, 15) is 0 Å². The van der Waals surface area contributed by atoms with Crippen LogP contribution in [0.25, 0.3) is 0 Å². The van der Waals surface area contributed by atoms with Crippen molar-refractivity contribution in [1.29, 1.82) is 0 Å². The molecule has 0 aromatic heterocycles. The lowest BCUT2D eigenvalue weighted by atomic mass is 10.00. The molecule has 0 saturated carbocycles. The molecule has 0 bridgehead atoms. The molecule has 0 radical (unpaired) electrons. The van der Waals surface area contributed by atoms with Crippen molar-refractivity contribution in [3.63, 3.8) is 0 Å². The Balaban J connectivity index is 2.92. The Labute approximate surface area is 88.5 Å². The maximum absolute atomic E-state index is 5.49. The van der Waals surface area contributed by atoms with Crippen LogP contribution in [0.5, 0.6) is 0 Å². The molecule has 0 aliphatic rings. The van der Waals surface area contributed by atoms with Gasteiger partial charge < -0.3 is 5.73 Å². The maximum atomic E-state index is 5.49. The van der Waals surface area contributed by atoms with Crippen LogP contribution >= 0.6 is 15.9 Å². The zero-order valence-electron chi connectivity index (χ0n) is 8.23. The molecule has 0 fully saturated rings. The van der Waals surface area contributed by atoms with Crippen LogP contribution in [0.2, 0.25) is 0 Å². The second kappa shape index (κ2) is 4.77. The van der Waals surface area contributed by atoms with Gasteiger partial charge in [0.25, 0.3) is 0 Å². The summed E-state index contributed by atoms with van der Waals surface area (Å²) >= 11 is 3.51. The summed E-state index contributed by atoms with van der Waals surface area (Å²) in [4.78, 5) is 0. The molecule has 1 nitrogen and oxygen atoms in total. The number of benzene rings is 1. The molecule has 0 amide bonds. The van der Waals surface area contributed by atoms with Gasteiger partial charge in [-0.05, 0) is 62.1 Å². The van der Waals surface area contributed by atoms with Gasteiger partial charge in [0.1, 0.15) is 0 Å². The fraction of sp³-hybridized carbons (Fsp3) is 0.455. The van der Waals surface area contributed by atoms with E-state index < -0.39 is 0 Å². The first-order chi connectivity index (χ1) is 6.15. The molecule has 1 aromatic carbocycles. The molecule has 1 rings (SSSR count). The van der Waals surface area contributed by atoms with E-state index in [4.69, 9.17) is 5.73 Å². The van der Waals surface area contributed by atoms with Gasteiger partial charge in [-0.15, -0.1) is 0 Å². The summed E-state index contributed by atoms with van der Waals surface area (Å²) in [5.41, 5.74) is 9.65. The van der Waals surface area contributed by atoms with E-state index in [-0.39, 0.29) is 0 Å². The van der Waals surface area contributed by atoms with Gasteiger partial charge in [-0.3, -0.25) is 0 Å². The van der Waals surface area contributed by atoms with E-state index in [1.54, 1.807) is 0 Å². The van der Waals surface area contributed by atoms with Crippen LogP contribution in [-0.2, 0) is 6.42 Å². The predicted molar refractivity (Wildman–Crippen MR) is 61.0 cm³/mol. The van der Waals surface area contributed by atoms with E-state index >= 15 is 0 Å². The zero-order valence-corrected chi connectivity index (χ0v) is 9.82. The van der Waals surface area contributed by atoms with Crippen molar-refractivity contribution in [3.8, 4) is 0 Å². The predicted octanol–water partition coefficient (Wildman–Crippen LogP) is 2.96. The van der Waals surface area contributed by atoms with Crippen molar-refractivity contribution in [1.82, 2.24) is 0 Å². The lowest BCUT2D eigenvalue weighted by Gasteiger charge is -2.08. The fourth-order valence-electron chi connectivity index (χ4n) is 1.44. The molecular formula is C11H16BrN. The van der Waals surface area contributed by atoms with E-state index in [0.29, 0.717) is 0 Å². The SMILES string of the molecule is Cc1cc(Br)cc(CCCN)c1C. The Morgan fingerprint density at radius 3 is 2.62 bits per heavy atom. The number of hydrogen-bond acceptors (Lipinski definition) is 1. The maximum Gasteiger partial charge on any atom is 0.0180 e. The molecule has 0 saturated heterocycles. The van der Waals surface area contributed by atoms with Crippen LogP contribution in [0, 0.1) is 13.8 Å². The molecule has 2 N–H and O–H groups in total. The highest BCUT2D eigenvalue weighted by Crippen LogP contribution is 2.21. The van der Waals surface area contributed by atoms with Crippen LogP contribution in [0.1, 0.15) is 23.1 Å². The average molecular weight is 242 g/mol. The third-order valence-electron chi connectivity index (χ3n) is 2.39. The lowest BCUT2D eigenvalue weighted by molar-refractivity contribution is 0.826. The van der Waals surface area contributed by atoms with Gasteiger partial charge in [0.15, 0.2) is 0 Å². The van der Waals surface area contributed by atoms with E-state index in [2.05, 4.69) is 41.9 Å². The molecule has 72 valence electrons. The Morgan fingerprint density at radius 2 is 2.00 bits per heavy atom. The van der Waals surface area contributed by atoms with E-state index in [1.165, 1.54) is 21.2 Å². The van der Waals surface area contributed by atoms with Crippen molar-refractivity contribution < 1.29 is 0 Å². The highest BCUT2D eigenvalue weighted by atomic mass is 79.9. The van der Waals surface area contributed by atoms with Gasteiger partial charge in [-0.2, -0.15) is 0 Å². The monoisotopic (exact) mass is 241 g/mol. The average Bonchev–Trinajstić information content (AvgIpc) is 2.09. The number of nitrogens with two attached hydrogens (primary N) is 1. The highest BCUT2D eigenvalue weighted by molar-refractivity contribution is 9.10. The Bertz CT molecular complexity index is 294. The largest absolute Gasteiger partial charge is 0.330 e. The molecule has 0 heterocycles. The number of rotatable bonds is 3. The van der Waals surface area contributed by atoms with E-state index in [1.807, 2.05) is 0 Å². The molecular weight excluding hydrogens is 226 g/mol. The topological polar surface area (TPSA) is 26.0 Å². The molecule has 0 aliphatic heterocycles. The van der Waals surface area contributed by atoms with Crippen molar-refractivity contribution in [2.75, 3.05) is 6.54 Å². The summed E-state index contributed by atoms with van der Waals surface area (Å²) in [6, 6.07) is 4.35. The number of hydrogen-bond donors (Lipinski definition) is 1. The van der Waals surface area contributed by atoms with Gasteiger partial charge in [-0.25, -0.2) is 0 Å². The van der Waals surface area contributed by atoms with Crippen molar-refractivity contribution in [3.05, 3.63) is 33.3 Å². The highest BCUT2D eigenvalue weighted by Gasteiger charge is 2.02. The van der Waals surface area contributed by atoms with Gasteiger partial charge in [0.2, 0.25) is 0 Å². The molecule has 0 aliphatic carbocycles. The quantitative estimate of drug-likeness (QED) is 0.866. The first-order valence-corrected chi connectivity index (χ1v) is 5.40. The smallest absolute Gasteiger partial charge is 0.0180 e. The van der Waals surface area contributed by atoms with Crippen LogP contribution in [0.15, 0.2) is 16.6 Å². The Kier molecular flexibility index (Phi) is 3.94. The molecule has 0 atom stereocenters. The summed E-state index contributed by atoms with van der Waals surface area (Å²) in [6.45, 7) is 5.09. The van der Waals surface area contributed by atoms with Crippen molar-refractivity contribution >= 4 is 15.9 Å². The molecule has 0 unspecified atom stereocenters. The minimum absolute atomic E-state index is 0.769. The molecule has 13 heavy (non-hydrogen) atoms. The third-order valence-corrected chi connectivity index (χ3v) is 2.85. The lowest BCUT2D eigenvalue weighted by Crippen LogP contribution is -2.02. The first-order valence-electron chi connectivity index (χ1n) is 4.61. The van der Waals surface area contributed by atoms with Crippen LogP contribution in [0.3, 0.4) is 0 Å². The summed E-state index contributed by atoms with van der Waals surface area (Å²) < 4.78 is 1.17. The molecule has 0 spiro atoms. The second-order valence-corrected chi connectivity index (χ2v) is 4.31. The van der Waals surface area contributed by atoms with Crippen LogP contribution in [-0.4, -0.2) is 6.54 Å². The molecule has 2 heteroatoms. The third kappa shape index (κ3) is 2.82. The van der Waals surface area contributed by atoms with Gasteiger partial charge in [-0.1, -0.05) is 15.9 Å². The second-order valence-electron chi connectivity index (χ2n) is 3.40. The molecule has 1 aromatic rings. The summed E-state index contributed by atoms with van der Waals surface area (Å²) in [6.07, 6.45) is 2.15. The minimum atomic E-state index is 0.769. The minimum Gasteiger partial charge on any atom is -0.330 e. The van der Waals surface area contributed by atoms with E-state index in [0.717, 1.165) is 19.4 Å². The van der Waals surface area contributed by atoms with Crippen molar-refractivity contribution in [2.45, 2.75) is 26.7 Å². The Morgan fingerprint density at radius 1 is 1.31 bits per heavy atom. The summed E-state index contributed by atoms with van der Waals surface area (Å²) in [7, 11) is 0. The van der Waals surface area contributed by atoms with Gasteiger partial charge >= 0.3 is 0 Å². The van der Waals surface area contributed by atoms with Gasteiger partial charge in [0.05, 0.1) is 0 Å². The standard InChI is InChI=1S/C11H16BrN/c1-8-6-11(12)7-10(9(8)2)4-3-5-13/h6-7H,3-5,13H2,1-2H3. The van der Waals surface area contributed by atoms with Gasteiger partial charge in [0, 0.05) is 4.47 Å². The Hall–Kier alpha value is -0.340. The fourth-order valence-corrected chi connectivity index (χ4v) is 2.06. The van der Waals surface area contributed by atoms with Crippen molar-refractivity contribution in [2.24, 2.45) is 5.73 Å². The zero-order chi connectivity index (χ0) is 9.84. The number of halogens is 1. The summed E-state index contributed by atoms with van der Waals surface area (Å²) in [5.74, 6) is 0. The van der Waals surface area contributed by atoms with Crippen LogP contribution < -0.4 is 5.73 Å². The normalized spacial score (nSPS) is 10.5. The number of aryl methyl sites for hydroxylation is 2.